The molecule has 84 valence electrons. The van der Waals surface area contributed by atoms with E-state index in [-0.39, 0.29) is 15.9 Å². The molecule has 0 aliphatic carbocycles. The first kappa shape index (κ1) is 12.5. The van der Waals surface area contributed by atoms with Crippen molar-refractivity contribution in [2.45, 2.75) is 33.2 Å². The molecular formula is C10H14Cl2N2O. The quantitative estimate of drug-likeness (QED) is 0.822. The number of nitrogens with zero attached hydrogens (tertiary/aromatic N) is 2. The van der Waals surface area contributed by atoms with Crippen LogP contribution in [0, 0.1) is 5.92 Å². The summed E-state index contributed by atoms with van der Waals surface area (Å²) in [6, 6.07) is 0. The molecule has 15 heavy (non-hydrogen) atoms. The van der Waals surface area contributed by atoms with Gasteiger partial charge in [-0.05, 0) is 5.92 Å². The number of aromatic nitrogens is 2. The lowest BCUT2D eigenvalue weighted by atomic mass is 10.0. The fraction of sp³-hybridized carbons (Fsp3) is 0.600. The van der Waals surface area contributed by atoms with Gasteiger partial charge in [-0.3, -0.25) is 4.79 Å². The maximum Gasteiger partial charge on any atom is 0.288 e. The molecule has 0 N–H and O–H groups in total. The van der Waals surface area contributed by atoms with E-state index in [1.807, 2.05) is 0 Å². The van der Waals surface area contributed by atoms with Crippen LogP contribution in [0.2, 0.25) is 10.3 Å². The molecule has 0 amide bonds. The van der Waals surface area contributed by atoms with Gasteiger partial charge in [0.05, 0.1) is 0 Å². The summed E-state index contributed by atoms with van der Waals surface area (Å²) in [5, 5.41) is 0.194. The summed E-state index contributed by atoms with van der Waals surface area (Å²) in [6.45, 7) is 4.85. The predicted octanol–water partition coefficient (Wildman–Crippen LogP) is 2.99. The Labute approximate surface area is 99.0 Å². The van der Waals surface area contributed by atoms with Crippen LogP contribution in [0.5, 0.6) is 0 Å². The normalized spacial score (nSPS) is 11.0. The van der Waals surface area contributed by atoms with Crippen molar-refractivity contribution in [1.82, 2.24) is 9.55 Å². The molecule has 1 heterocycles. The van der Waals surface area contributed by atoms with Crippen molar-refractivity contribution in [3.8, 4) is 0 Å². The molecule has 0 spiro atoms. The van der Waals surface area contributed by atoms with Crippen LogP contribution >= 0.6 is 23.2 Å². The molecular weight excluding hydrogens is 235 g/mol. The first-order chi connectivity index (χ1) is 7.08. The fourth-order valence-electron chi connectivity index (χ4n) is 1.44. The minimum absolute atomic E-state index is 0.0616. The SMILES string of the molecule is CCC(CC)Cn1cc(Cl)nc(Cl)c1=O. The predicted molar refractivity (Wildman–Crippen MR) is 62.6 cm³/mol. The van der Waals surface area contributed by atoms with Crippen LogP contribution < -0.4 is 5.56 Å². The molecule has 0 bridgehead atoms. The molecule has 0 saturated heterocycles. The van der Waals surface area contributed by atoms with Crippen molar-refractivity contribution in [2.24, 2.45) is 5.92 Å². The highest BCUT2D eigenvalue weighted by molar-refractivity contribution is 6.32. The third-order valence-electron chi connectivity index (χ3n) is 2.51. The van der Waals surface area contributed by atoms with Crippen LogP contribution in [-0.4, -0.2) is 9.55 Å². The van der Waals surface area contributed by atoms with Gasteiger partial charge >= 0.3 is 0 Å². The van der Waals surface area contributed by atoms with Gasteiger partial charge in [-0.15, -0.1) is 0 Å². The van der Waals surface area contributed by atoms with Crippen LogP contribution in [0.3, 0.4) is 0 Å². The second kappa shape index (κ2) is 5.52. The van der Waals surface area contributed by atoms with Crippen LogP contribution in [-0.2, 0) is 6.54 Å². The molecule has 0 aromatic carbocycles. The highest BCUT2D eigenvalue weighted by atomic mass is 35.5. The second-order valence-corrected chi connectivity index (χ2v) is 4.24. The fourth-order valence-corrected chi connectivity index (χ4v) is 1.88. The molecule has 0 fully saturated rings. The smallest absolute Gasteiger partial charge is 0.288 e. The topological polar surface area (TPSA) is 34.9 Å². The molecule has 1 aromatic rings. The van der Waals surface area contributed by atoms with Crippen LogP contribution in [0.15, 0.2) is 11.0 Å². The van der Waals surface area contributed by atoms with Crippen LogP contribution in [0.25, 0.3) is 0 Å². The lowest BCUT2D eigenvalue weighted by molar-refractivity contribution is 0.411. The summed E-state index contributed by atoms with van der Waals surface area (Å²) in [5.41, 5.74) is -0.270. The van der Waals surface area contributed by atoms with E-state index in [1.54, 1.807) is 0 Å². The van der Waals surface area contributed by atoms with E-state index in [0.717, 1.165) is 12.8 Å². The summed E-state index contributed by atoms with van der Waals surface area (Å²) in [6.07, 6.45) is 3.59. The third kappa shape index (κ3) is 3.21. The zero-order valence-electron chi connectivity index (χ0n) is 8.83. The Bertz CT molecular complexity index is 385. The van der Waals surface area contributed by atoms with Gasteiger partial charge in [-0.2, -0.15) is 0 Å². The summed E-state index contributed by atoms with van der Waals surface area (Å²) in [5.74, 6) is 0.470. The number of halogens is 2. The van der Waals surface area contributed by atoms with Crippen molar-refractivity contribution in [3.05, 3.63) is 26.9 Å². The van der Waals surface area contributed by atoms with E-state index in [0.29, 0.717) is 12.5 Å². The summed E-state index contributed by atoms with van der Waals surface area (Å²) in [7, 11) is 0. The highest BCUT2D eigenvalue weighted by Crippen LogP contribution is 2.12. The van der Waals surface area contributed by atoms with Crippen molar-refractivity contribution < 1.29 is 0 Å². The van der Waals surface area contributed by atoms with E-state index in [1.165, 1.54) is 10.8 Å². The zero-order valence-corrected chi connectivity index (χ0v) is 10.3. The Morgan fingerprint density at radius 1 is 1.40 bits per heavy atom. The van der Waals surface area contributed by atoms with E-state index >= 15 is 0 Å². The Balaban J connectivity index is 2.99. The molecule has 0 aliphatic rings. The van der Waals surface area contributed by atoms with Crippen molar-refractivity contribution in [1.29, 1.82) is 0 Å². The van der Waals surface area contributed by atoms with Gasteiger partial charge in [0.15, 0.2) is 5.15 Å². The zero-order chi connectivity index (χ0) is 11.4. The van der Waals surface area contributed by atoms with Gasteiger partial charge in [-0.25, -0.2) is 4.98 Å². The van der Waals surface area contributed by atoms with Gasteiger partial charge in [-0.1, -0.05) is 49.9 Å². The lowest BCUT2D eigenvalue weighted by Gasteiger charge is -2.14. The average molecular weight is 249 g/mol. The molecule has 0 atom stereocenters. The summed E-state index contributed by atoms with van der Waals surface area (Å²) < 4.78 is 1.54. The molecule has 1 rings (SSSR count). The Morgan fingerprint density at radius 2 is 2.00 bits per heavy atom. The Morgan fingerprint density at radius 3 is 2.53 bits per heavy atom. The van der Waals surface area contributed by atoms with Crippen molar-refractivity contribution in [3.63, 3.8) is 0 Å². The van der Waals surface area contributed by atoms with Gasteiger partial charge in [0, 0.05) is 12.7 Å². The third-order valence-corrected chi connectivity index (χ3v) is 2.94. The minimum atomic E-state index is -0.270. The monoisotopic (exact) mass is 248 g/mol. The largest absolute Gasteiger partial charge is 0.310 e. The van der Waals surface area contributed by atoms with E-state index in [9.17, 15) is 4.79 Å². The highest BCUT2D eigenvalue weighted by Gasteiger charge is 2.09. The molecule has 0 radical (unpaired) electrons. The van der Waals surface area contributed by atoms with Gasteiger partial charge in [0.1, 0.15) is 5.15 Å². The number of hydrogen-bond acceptors (Lipinski definition) is 2. The maximum atomic E-state index is 11.6. The van der Waals surface area contributed by atoms with Crippen LogP contribution in [0.1, 0.15) is 26.7 Å². The van der Waals surface area contributed by atoms with Gasteiger partial charge in [0.2, 0.25) is 0 Å². The van der Waals surface area contributed by atoms with Crippen molar-refractivity contribution >= 4 is 23.2 Å². The van der Waals surface area contributed by atoms with Crippen molar-refractivity contribution in [2.75, 3.05) is 0 Å². The first-order valence-electron chi connectivity index (χ1n) is 5.00. The minimum Gasteiger partial charge on any atom is -0.310 e. The van der Waals surface area contributed by atoms with Crippen LogP contribution in [0.4, 0.5) is 0 Å². The van der Waals surface area contributed by atoms with E-state index in [2.05, 4.69) is 18.8 Å². The first-order valence-corrected chi connectivity index (χ1v) is 5.76. The van der Waals surface area contributed by atoms with E-state index < -0.39 is 0 Å². The Hall–Kier alpha value is -0.540. The number of hydrogen-bond donors (Lipinski definition) is 0. The molecule has 0 saturated carbocycles. The Kier molecular flexibility index (Phi) is 4.61. The maximum absolute atomic E-state index is 11.6. The van der Waals surface area contributed by atoms with Gasteiger partial charge in [0.25, 0.3) is 5.56 Å². The molecule has 5 heteroatoms. The second-order valence-electron chi connectivity index (χ2n) is 3.49. The lowest BCUT2D eigenvalue weighted by Crippen LogP contribution is -2.24. The molecule has 1 aromatic heterocycles. The summed E-state index contributed by atoms with van der Waals surface area (Å²) in [4.78, 5) is 15.3. The van der Waals surface area contributed by atoms with E-state index in [4.69, 9.17) is 23.2 Å². The summed E-state index contributed by atoms with van der Waals surface area (Å²) >= 11 is 11.4. The number of rotatable bonds is 4. The van der Waals surface area contributed by atoms with Gasteiger partial charge < -0.3 is 4.57 Å². The standard InChI is InChI=1S/C10H14Cl2N2O/c1-3-7(4-2)5-14-6-8(11)13-9(12)10(14)15/h6-7H,3-5H2,1-2H3. The molecule has 3 nitrogen and oxygen atoms in total. The molecule has 0 unspecified atom stereocenters. The average Bonchev–Trinajstić information content (AvgIpc) is 2.21. The molecule has 0 aliphatic heterocycles.